The molecule has 3 N–H and O–H groups in total. The minimum atomic E-state index is 0.545. The van der Waals surface area contributed by atoms with Gasteiger partial charge < -0.3 is 5.73 Å². The fraction of sp³-hybridized carbons (Fsp3) is 0.0833. The molecule has 74 valence electrons. The van der Waals surface area contributed by atoms with E-state index in [1.165, 1.54) is 10.8 Å². The van der Waals surface area contributed by atoms with E-state index in [1.54, 1.807) is 0 Å². The highest BCUT2D eigenvalue weighted by atomic mass is 15.0. The van der Waals surface area contributed by atoms with Crippen molar-refractivity contribution in [1.29, 1.82) is 0 Å². The molecule has 1 aromatic carbocycles. The zero-order chi connectivity index (χ0) is 10.3. The van der Waals surface area contributed by atoms with E-state index >= 15 is 0 Å². The molecule has 0 saturated carbocycles. The second-order valence-corrected chi connectivity index (χ2v) is 3.61. The number of aromatic amines is 1. The number of H-pyrrole nitrogens is 1. The second-order valence-electron chi connectivity index (χ2n) is 3.61. The maximum Gasteiger partial charge on any atom is 0.292 e. The van der Waals surface area contributed by atoms with Gasteiger partial charge in [0, 0.05) is 0 Å². The predicted molar refractivity (Wildman–Crippen MR) is 59.4 cm³/mol. The molecule has 0 aliphatic heterocycles. The second kappa shape index (κ2) is 3.07. The summed E-state index contributed by atoms with van der Waals surface area (Å²) >= 11 is 0. The van der Waals surface area contributed by atoms with Crippen molar-refractivity contribution in [2.24, 2.45) is 5.73 Å². The fourth-order valence-corrected chi connectivity index (χ4v) is 1.98. The average molecular weight is 198 g/mol. The Bertz CT molecular complexity index is 625. The van der Waals surface area contributed by atoms with E-state index in [1.807, 2.05) is 18.3 Å². The third-order valence-corrected chi connectivity index (χ3v) is 2.75. The standard InChI is InChI=1S/C12H11N3/c13-7-10-8-14-12-11-4-2-1-3-9(11)5-6-15(10)12/h1-6,8H,7,13H2/p+1. The van der Waals surface area contributed by atoms with Crippen molar-refractivity contribution in [3.63, 3.8) is 0 Å². The predicted octanol–water partition coefficient (Wildman–Crippen LogP) is 1.37. The maximum absolute atomic E-state index is 5.66. The van der Waals surface area contributed by atoms with E-state index in [-0.39, 0.29) is 0 Å². The normalized spacial score (nSPS) is 11.3. The molecule has 0 unspecified atom stereocenters. The van der Waals surface area contributed by atoms with Crippen LogP contribution in [0, 0.1) is 0 Å². The number of pyridine rings is 1. The highest BCUT2D eigenvalue weighted by molar-refractivity contribution is 5.91. The van der Waals surface area contributed by atoms with Crippen LogP contribution in [0.1, 0.15) is 5.69 Å². The lowest BCUT2D eigenvalue weighted by Crippen LogP contribution is -2.25. The monoisotopic (exact) mass is 198 g/mol. The van der Waals surface area contributed by atoms with Crippen molar-refractivity contribution < 1.29 is 4.40 Å². The van der Waals surface area contributed by atoms with Crippen LogP contribution in [0.5, 0.6) is 0 Å². The Balaban J connectivity index is 2.50. The van der Waals surface area contributed by atoms with Gasteiger partial charge in [0.25, 0.3) is 5.65 Å². The number of rotatable bonds is 1. The topological polar surface area (TPSA) is 45.9 Å². The Labute approximate surface area is 87.2 Å². The van der Waals surface area contributed by atoms with E-state index in [0.717, 1.165) is 11.3 Å². The fourth-order valence-electron chi connectivity index (χ4n) is 1.98. The summed E-state index contributed by atoms with van der Waals surface area (Å²) in [6, 6.07) is 10.4. The van der Waals surface area contributed by atoms with Crippen LogP contribution >= 0.6 is 0 Å². The molecule has 15 heavy (non-hydrogen) atoms. The molecular formula is C12H12N3+. The van der Waals surface area contributed by atoms with Gasteiger partial charge in [-0.15, -0.1) is 0 Å². The van der Waals surface area contributed by atoms with Crippen LogP contribution in [0.15, 0.2) is 42.7 Å². The molecule has 0 aliphatic carbocycles. The molecule has 3 rings (SSSR count). The van der Waals surface area contributed by atoms with E-state index in [9.17, 15) is 0 Å². The van der Waals surface area contributed by atoms with Gasteiger partial charge in [-0.3, -0.25) is 0 Å². The van der Waals surface area contributed by atoms with Gasteiger partial charge in [-0.2, -0.15) is 4.40 Å². The lowest BCUT2D eigenvalue weighted by molar-refractivity contribution is -0.518. The minimum absolute atomic E-state index is 0.545. The molecule has 0 aliphatic rings. The number of imidazole rings is 1. The Kier molecular flexibility index (Phi) is 1.73. The molecule has 0 atom stereocenters. The molecule has 3 nitrogen and oxygen atoms in total. The number of nitrogens with zero attached hydrogens (tertiary/aromatic N) is 1. The minimum Gasteiger partial charge on any atom is -0.323 e. The summed E-state index contributed by atoms with van der Waals surface area (Å²) in [6.45, 7) is 0.545. The van der Waals surface area contributed by atoms with E-state index < -0.39 is 0 Å². The van der Waals surface area contributed by atoms with Crippen molar-refractivity contribution in [1.82, 2.24) is 4.98 Å². The summed E-state index contributed by atoms with van der Waals surface area (Å²) in [6.07, 6.45) is 4.01. The zero-order valence-electron chi connectivity index (χ0n) is 8.27. The molecule has 2 aromatic heterocycles. The summed E-state index contributed by atoms with van der Waals surface area (Å²) in [5, 5.41) is 2.46. The number of aromatic nitrogens is 2. The summed E-state index contributed by atoms with van der Waals surface area (Å²) in [4.78, 5) is 3.27. The van der Waals surface area contributed by atoms with Gasteiger partial charge in [0.15, 0.2) is 5.69 Å². The molecule has 0 radical (unpaired) electrons. The molecule has 0 amide bonds. The van der Waals surface area contributed by atoms with E-state index in [2.05, 4.69) is 33.8 Å². The molecule has 0 fully saturated rings. The first-order valence-corrected chi connectivity index (χ1v) is 4.99. The maximum atomic E-state index is 5.66. The van der Waals surface area contributed by atoms with Crippen LogP contribution in [0.25, 0.3) is 16.4 Å². The van der Waals surface area contributed by atoms with Crippen LogP contribution < -0.4 is 10.1 Å². The smallest absolute Gasteiger partial charge is 0.292 e. The van der Waals surface area contributed by atoms with Crippen LogP contribution in [-0.4, -0.2) is 4.98 Å². The van der Waals surface area contributed by atoms with Crippen LogP contribution in [0.3, 0.4) is 0 Å². The number of nitrogens with two attached hydrogens (primary N) is 1. The summed E-state index contributed by atoms with van der Waals surface area (Å²) < 4.78 is 2.10. The SMILES string of the molecule is NCc1c[nH]c2c3ccccc3cc[n+]12. The van der Waals surface area contributed by atoms with Gasteiger partial charge in [-0.25, -0.2) is 4.98 Å². The largest absolute Gasteiger partial charge is 0.323 e. The first-order valence-electron chi connectivity index (χ1n) is 4.99. The summed E-state index contributed by atoms with van der Waals surface area (Å²) in [5.74, 6) is 0. The Morgan fingerprint density at radius 2 is 2.07 bits per heavy atom. The van der Waals surface area contributed by atoms with Gasteiger partial charge in [0.05, 0.1) is 18.1 Å². The Hall–Kier alpha value is -1.87. The zero-order valence-corrected chi connectivity index (χ0v) is 8.27. The quantitative estimate of drug-likeness (QED) is 0.570. The van der Waals surface area contributed by atoms with E-state index in [4.69, 9.17) is 5.73 Å². The summed E-state index contributed by atoms with van der Waals surface area (Å²) in [5.41, 5.74) is 7.86. The van der Waals surface area contributed by atoms with Gasteiger partial charge in [0.1, 0.15) is 6.20 Å². The molecule has 0 saturated heterocycles. The first-order chi connectivity index (χ1) is 7.40. The lowest BCUT2D eigenvalue weighted by Gasteiger charge is -1.95. The van der Waals surface area contributed by atoms with Crippen molar-refractivity contribution >= 4 is 16.4 Å². The number of hydrogen-bond donors (Lipinski definition) is 2. The molecular weight excluding hydrogens is 186 g/mol. The van der Waals surface area contributed by atoms with Crippen molar-refractivity contribution in [2.45, 2.75) is 6.54 Å². The summed E-state index contributed by atoms with van der Waals surface area (Å²) in [7, 11) is 0. The number of fused-ring (bicyclic) bond motifs is 3. The number of nitrogens with one attached hydrogen (secondary N) is 1. The third-order valence-electron chi connectivity index (χ3n) is 2.75. The molecule has 3 heteroatoms. The highest BCUT2D eigenvalue weighted by Gasteiger charge is 2.11. The van der Waals surface area contributed by atoms with Gasteiger partial charge in [-0.05, 0) is 17.5 Å². The van der Waals surface area contributed by atoms with Crippen LogP contribution in [0.2, 0.25) is 0 Å². The Morgan fingerprint density at radius 3 is 2.93 bits per heavy atom. The van der Waals surface area contributed by atoms with Crippen LogP contribution in [-0.2, 0) is 6.54 Å². The highest BCUT2D eigenvalue weighted by Crippen LogP contribution is 2.15. The van der Waals surface area contributed by atoms with E-state index in [0.29, 0.717) is 6.54 Å². The van der Waals surface area contributed by atoms with Crippen LogP contribution in [0.4, 0.5) is 0 Å². The molecule has 2 heterocycles. The van der Waals surface area contributed by atoms with Gasteiger partial charge in [0.2, 0.25) is 0 Å². The van der Waals surface area contributed by atoms with Crippen molar-refractivity contribution in [3.05, 3.63) is 48.4 Å². The van der Waals surface area contributed by atoms with Gasteiger partial charge >= 0.3 is 0 Å². The van der Waals surface area contributed by atoms with Gasteiger partial charge in [-0.1, -0.05) is 18.2 Å². The molecule has 3 aromatic rings. The van der Waals surface area contributed by atoms with Crippen molar-refractivity contribution in [2.75, 3.05) is 0 Å². The molecule has 0 bridgehead atoms. The van der Waals surface area contributed by atoms with Crippen molar-refractivity contribution in [3.8, 4) is 0 Å². The third kappa shape index (κ3) is 1.13. The Morgan fingerprint density at radius 1 is 1.20 bits per heavy atom. The lowest BCUT2D eigenvalue weighted by atomic mass is 10.2. The number of benzene rings is 1. The average Bonchev–Trinajstić information content (AvgIpc) is 2.72. The molecule has 0 spiro atoms. The first kappa shape index (κ1) is 8.44. The number of hydrogen-bond acceptors (Lipinski definition) is 1.